The van der Waals surface area contributed by atoms with E-state index in [9.17, 15) is 58.2 Å². The van der Waals surface area contributed by atoms with Crippen LogP contribution in [0, 0.1) is 5.92 Å². The van der Waals surface area contributed by atoms with E-state index in [2.05, 4.69) is 47.9 Å². The standard InChI is InChI=1S/C34H58N10O14/c1-7-15(2)25(33(56)42-22(13-46)32(55)41-21(12-45)31(54)40-18(5)28(51)43-23(14-47)34(57)58)44-29(52)19(6)38-27(50)17(4)37-24(48)11-36-26(49)16(3)39-30(53)20-9-8-10-35-20/h15-23,25,35,45-47H,7-14H2,1-6H3,(H,36,49)(H,37,48)(H,38,50)(H,39,53)(H,40,54)(H,41,55)(H,42,56)(H,43,51)(H,44,52)(H,57,58)/t15-,16-,17-,18-,19-,20-,21-,22-,23-,25-/m0/s1. The van der Waals surface area contributed by atoms with E-state index in [1.807, 2.05) is 5.32 Å². The van der Waals surface area contributed by atoms with E-state index in [0.717, 1.165) is 13.3 Å². The van der Waals surface area contributed by atoms with E-state index < -0.39 is 140 Å². The summed E-state index contributed by atoms with van der Waals surface area (Å²) in [5, 5.41) is 61.4. The normalized spacial score (nSPS) is 18.1. The highest BCUT2D eigenvalue weighted by molar-refractivity contribution is 5.98. The summed E-state index contributed by atoms with van der Waals surface area (Å²) in [6.45, 7) is 5.79. The zero-order chi connectivity index (χ0) is 44.3. The van der Waals surface area contributed by atoms with Gasteiger partial charge in [-0.15, -0.1) is 0 Å². The molecule has 1 fully saturated rings. The SMILES string of the molecule is CC[C@H](C)[C@H](NC(=O)[C@H](C)NC(=O)[C@H](C)NC(=O)CNC(=O)[C@H](C)NC(=O)[C@@H]1CCCN1)C(=O)N[C@@H](CO)C(=O)N[C@@H](CO)C(=O)N[C@@H](C)C(=O)N[C@@H](CO)C(=O)O. The molecule has 1 aliphatic heterocycles. The largest absolute Gasteiger partial charge is 0.480 e. The maximum atomic E-state index is 13.3. The summed E-state index contributed by atoms with van der Waals surface area (Å²) in [7, 11) is 0. The van der Waals surface area contributed by atoms with E-state index >= 15 is 0 Å². The van der Waals surface area contributed by atoms with Crippen LogP contribution in [0.15, 0.2) is 0 Å². The first-order valence-corrected chi connectivity index (χ1v) is 18.7. The van der Waals surface area contributed by atoms with Crippen LogP contribution in [-0.2, 0) is 47.9 Å². The average molecular weight is 831 g/mol. The van der Waals surface area contributed by atoms with Crippen LogP contribution in [-0.4, -0.2) is 167 Å². The average Bonchev–Trinajstić information content (AvgIpc) is 3.73. The zero-order valence-corrected chi connectivity index (χ0v) is 33.3. The summed E-state index contributed by atoms with van der Waals surface area (Å²) < 4.78 is 0. The molecule has 24 heteroatoms. The topological polar surface area (TPSA) is 372 Å². The number of carboxylic acids is 1. The van der Waals surface area contributed by atoms with Crippen molar-refractivity contribution >= 4 is 59.1 Å². The van der Waals surface area contributed by atoms with Gasteiger partial charge in [0, 0.05) is 0 Å². The molecule has 0 radical (unpaired) electrons. The minimum atomic E-state index is -1.71. The van der Waals surface area contributed by atoms with Gasteiger partial charge in [-0.05, 0) is 53.0 Å². The van der Waals surface area contributed by atoms with Crippen LogP contribution in [0.1, 0.15) is 60.8 Å². The Hall–Kier alpha value is -5.46. The highest BCUT2D eigenvalue weighted by Gasteiger charge is 2.34. The molecule has 1 heterocycles. The van der Waals surface area contributed by atoms with Crippen molar-refractivity contribution in [3.05, 3.63) is 0 Å². The number of rotatable bonds is 24. The van der Waals surface area contributed by atoms with Gasteiger partial charge < -0.3 is 73.6 Å². The predicted molar refractivity (Wildman–Crippen MR) is 201 cm³/mol. The smallest absolute Gasteiger partial charge is 0.328 e. The third kappa shape index (κ3) is 16.6. The van der Waals surface area contributed by atoms with Crippen molar-refractivity contribution in [3.63, 3.8) is 0 Å². The van der Waals surface area contributed by atoms with Crippen molar-refractivity contribution < 1.29 is 68.4 Å². The van der Waals surface area contributed by atoms with Gasteiger partial charge in [0.25, 0.3) is 0 Å². The van der Waals surface area contributed by atoms with E-state index in [1.54, 1.807) is 13.8 Å². The Morgan fingerprint density at radius 3 is 1.52 bits per heavy atom. The zero-order valence-electron chi connectivity index (χ0n) is 33.3. The number of carbonyl (C=O) groups excluding carboxylic acids is 9. The molecule has 1 rings (SSSR count). The summed E-state index contributed by atoms with van der Waals surface area (Å²) in [6, 6.07) is -11.5. The van der Waals surface area contributed by atoms with Crippen molar-refractivity contribution in [3.8, 4) is 0 Å². The molecule has 24 nitrogen and oxygen atoms in total. The molecule has 1 aliphatic rings. The fourth-order valence-electron chi connectivity index (χ4n) is 5.13. The van der Waals surface area contributed by atoms with Crippen molar-refractivity contribution in [1.29, 1.82) is 0 Å². The Bertz CT molecular complexity index is 1490. The molecule has 0 aromatic rings. The third-order valence-corrected chi connectivity index (χ3v) is 9.05. The summed E-state index contributed by atoms with van der Waals surface area (Å²) in [4.78, 5) is 125. The Balaban J connectivity index is 2.75. The van der Waals surface area contributed by atoms with Gasteiger partial charge in [-0.3, -0.25) is 43.2 Å². The fourth-order valence-corrected chi connectivity index (χ4v) is 5.13. The van der Waals surface area contributed by atoms with E-state index in [0.29, 0.717) is 19.4 Å². The molecule has 14 N–H and O–H groups in total. The van der Waals surface area contributed by atoms with Crippen LogP contribution in [0.25, 0.3) is 0 Å². The lowest BCUT2D eigenvalue weighted by Gasteiger charge is -2.28. The molecule has 0 bridgehead atoms. The lowest BCUT2D eigenvalue weighted by molar-refractivity contribution is -0.143. The monoisotopic (exact) mass is 830 g/mol. The van der Waals surface area contributed by atoms with Gasteiger partial charge in [-0.2, -0.15) is 0 Å². The molecule has 58 heavy (non-hydrogen) atoms. The second-order valence-electron chi connectivity index (χ2n) is 13.8. The van der Waals surface area contributed by atoms with Gasteiger partial charge in [-0.1, -0.05) is 20.3 Å². The van der Waals surface area contributed by atoms with Crippen molar-refractivity contribution in [2.24, 2.45) is 5.92 Å². The van der Waals surface area contributed by atoms with Crippen molar-refractivity contribution in [2.75, 3.05) is 32.9 Å². The Morgan fingerprint density at radius 2 is 1.02 bits per heavy atom. The third-order valence-electron chi connectivity index (χ3n) is 9.05. The Kier molecular flexibility index (Phi) is 21.8. The number of aliphatic carboxylic acids is 1. The number of hydrogen-bond donors (Lipinski definition) is 14. The number of aliphatic hydroxyl groups excluding tert-OH is 3. The molecule has 328 valence electrons. The summed E-state index contributed by atoms with van der Waals surface area (Å²) in [6.07, 6.45) is 1.81. The van der Waals surface area contributed by atoms with Crippen LogP contribution in [0.5, 0.6) is 0 Å². The minimum Gasteiger partial charge on any atom is -0.480 e. The molecule has 1 saturated heterocycles. The van der Waals surface area contributed by atoms with Gasteiger partial charge in [0.05, 0.1) is 32.4 Å². The van der Waals surface area contributed by atoms with Crippen LogP contribution in [0.2, 0.25) is 0 Å². The summed E-state index contributed by atoms with van der Waals surface area (Å²) in [5.41, 5.74) is 0. The van der Waals surface area contributed by atoms with Gasteiger partial charge in [0.15, 0.2) is 0 Å². The van der Waals surface area contributed by atoms with Gasteiger partial charge in [0.2, 0.25) is 53.2 Å². The predicted octanol–water partition coefficient (Wildman–Crippen LogP) is -7.08. The van der Waals surface area contributed by atoms with Crippen molar-refractivity contribution in [2.45, 2.75) is 115 Å². The highest BCUT2D eigenvalue weighted by atomic mass is 16.4. The molecule has 0 unspecified atom stereocenters. The molecule has 0 spiro atoms. The molecule has 0 aromatic heterocycles. The second-order valence-corrected chi connectivity index (χ2v) is 13.8. The lowest BCUT2D eigenvalue weighted by Crippen LogP contribution is -2.61. The van der Waals surface area contributed by atoms with Crippen LogP contribution in [0.3, 0.4) is 0 Å². The highest BCUT2D eigenvalue weighted by Crippen LogP contribution is 2.09. The number of carboxylic acid groups (broad SMARTS) is 1. The van der Waals surface area contributed by atoms with Gasteiger partial charge in [0.1, 0.15) is 48.3 Å². The molecule has 10 atom stereocenters. The van der Waals surface area contributed by atoms with Crippen molar-refractivity contribution in [1.82, 2.24) is 53.2 Å². The lowest BCUT2D eigenvalue weighted by atomic mass is 9.97. The van der Waals surface area contributed by atoms with Gasteiger partial charge in [-0.25, -0.2) is 4.79 Å². The maximum Gasteiger partial charge on any atom is 0.328 e. The molecular weight excluding hydrogens is 772 g/mol. The number of carbonyl (C=O) groups is 10. The van der Waals surface area contributed by atoms with E-state index in [-0.39, 0.29) is 5.91 Å². The number of nitrogens with one attached hydrogen (secondary N) is 10. The first kappa shape index (κ1) is 50.6. The number of aliphatic hydroxyl groups is 3. The summed E-state index contributed by atoms with van der Waals surface area (Å²) >= 11 is 0. The minimum absolute atomic E-state index is 0.335. The first-order chi connectivity index (χ1) is 27.2. The van der Waals surface area contributed by atoms with E-state index in [1.165, 1.54) is 20.8 Å². The fraction of sp³-hybridized carbons (Fsp3) is 0.706. The van der Waals surface area contributed by atoms with Crippen LogP contribution >= 0.6 is 0 Å². The van der Waals surface area contributed by atoms with Crippen LogP contribution < -0.4 is 53.2 Å². The molecule has 0 aliphatic carbocycles. The summed E-state index contributed by atoms with van der Waals surface area (Å²) in [5.74, 6) is -9.60. The van der Waals surface area contributed by atoms with Crippen LogP contribution in [0.4, 0.5) is 0 Å². The maximum absolute atomic E-state index is 13.3. The van der Waals surface area contributed by atoms with E-state index in [4.69, 9.17) is 10.2 Å². The molecule has 0 aromatic carbocycles. The Morgan fingerprint density at radius 1 is 0.569 bits per heavy atom. The Labute approximate surface area is 334 Å². The number of hydrogen-bond acceptors (Lipinski definition) is 14. The quantitative estimate of drug-likeness (QED) is 0.0430. The van der Waals surface area contributed by atoms with Gasteiger partial charge >= 0.3 is 5.97 Å². The molecule has 9 amide bonds. The number of amides is 9. The first-order valence-electron chi connectivity index (χ1n) is 18.7. The molecular formula is C34H58N10O14. The molecule has 0 saturated carbocycles. The second kappa shape index (κ2) is 25.0.